The fourth-order valence-electron chi connectivity index (χ4n) is 2.91. The molecule has 0 N–H and O–H groups in total. The molecule has 0 radical (unpaired) electrons. The van der Waals surface area contributed by atoms with Crippen molar-refractivity contribution in [2.75, 3.05) is 13.7 Å². The number of methoxy groups -OCH3 is 1. The van der Waals surface area contributed by atoms with Crippen LogP contribution in [0.4, 0.5) is 0 Å². The summed E-state index contributed by atoms with van der Waals surface area (Å²) in [7, 11) is 1.27. The topological polar surface area (TPSA) is 81.5 Å². The molecule has 3 aromatic rings. The number of carbonyl (C=O) groups excluding carboxylic acids is 2. The van der Waals surface area contributed by atoms with E-state index in [9.17, 15) is 14.4 Å². The monoisotopic (exact) mass is 379 g/mol. The van der Waals surface area contributed by atoms with Crippen molar-refractivity contribution < 1.29 is 14.3 Å². The van der Waals surface area contributed by atoms with Crippen LogP contribution in [0.1, 0.15) is 11.1 Å². The number of nitrogens with zero attached hydrogens (tertiary/aromatic N) is 3. The van der Waals surface area contributed by atoms with E-state index in [0.29, 0.717) is 10.9 Å². The van der Waals surface area contributed by atoms with E-state index in [0.717, 1.165) is 11.1 Å². The highest BCUT2D eigenvalue weighted by atomic mass is 16.5. The average Bonchev–Trinajstić information content (AvgIpc) is 2.71. The summed E-state index contributed by atoms with van der Waals surface area (Å²) in [5.41, 5.74) is 2.20. The van der Waals surface area contributed by atoms with Gasteiger partial charge in [-0.1, -0.05) is 36.4 Å². The van der Waals surface area contributed by atoms with Crippen LogP contribution in [0.5, 0.6) is 0 Å². The average molecular weight is 379 g/mol. The van der Waals surface area contributed by atoms with Crippen LogP contribution in [-0.2, 0) is 27.4 Å². The van der Waals surface area contributed by atoms with E-state index in [-0.39, 0.29) is 31.1 Å². The van der Waals surface area contributed by atoms with E-state index in [2.05, 4.69) is 4.98 Å². The summed E-state index contributed by atoms with van der Waals surface area (Å²) >= 11 is 0. The third-order valence-corrected chi connectivity index (χ3v) is 4.56. The maximum atomic E-state index is 12.9. The van der Waals surface area contributed by atoms with E-state index in [4.69, 9.17) is 4.74 Å². The van der Waals surface area contributed by atoms with E-state index in [1.54, 1.807) is 24.3 Å². The largest absolute Gasteiger partial charge is 0.468 e. The number of fused-ring (bicyclic) bond motifs is 1. The first-order valence-corrected chi connectivity index (χ1v) is 8.83. The van der Waals surface area contributed by atoms with Crippen molar-refractivity contribution in [3.05, 3.63) is 76.3 Å². The molecular weight excluding hydrogens is 358 g/mol. The zero-order valence-electron chi connectivity index (χ0n) is 15.8. The zero-order valence-corrected chi connectivity index (χ0v) is 15.8. The summed E-state index contributed by atoms with van der Waals surface area (Å²) in [6, 6.07) is 14.6. The van der Waals surface area contributed by atoms with Gasteiger partial charge < -0.3 is 9.64 Å². The summed E-state index contributed by atoms with van der Waals surface area (Å²) in [6.07, 6.45) is 1.35. The first kappa shape index (κ1) is 19.3. The van der Waals surface area contributed by atoms with Crippen LogP contribution >= 0.6 is 0 Å². The lowest BCUT2D eigenvalue weighted by Gasteiger charge is -2.23. The van der Waals surface area contributed by atoms with Crippen LogP contribution in [0.25, 0.3) is 10.9 Å². The second-order valence-electron chi connectivity index (χ2n) is 6.45. The number of rotatable bonds is 6. The fraction of sp³-hybridized carbons (Fsp3) is 0.238. The minimum Gasteiger partial charge on any atom is -0.468 e. The Hall–Kier alpha value is -3.48. The predicted octanol–water partition coefficient (Wildman–Crippen LogP) is 1.91. The fourth-order valence-corrected chi connectivity index (χ4v) is 2.91. The highest BCUT2D eigenvalue weighted by Gasteiger charge is 2.20. The molecule has 0 bridgehead atoms. The van der Waals surface area contributed by atoms with Crippen molar-refractivity contribution in [3.63, 3.8) is 0 Å². The highest BCUT2D eigenvalue weighted by Crippen LogP contribution is 2.12. The molecule has 7 heteroatoms. The number of benzene rings is 2. The quantitative estimate of drug-likeness (QED) is 0.611. The standard InChI is InChI=1S/C21H21N3O4/c1-15-7-3-4-8-16(15)11-23(13-20(26)28-2)19(25)12-24-14-22-18-10-6-5-9-17(18)21(24)27/h3-10,14H,11-13H2,1-2H3. The van der Waals surface area contributed by atoms with Crippen LogP contribution in [0.15, 0.2) is 59.7 Å². The Kier molecular flexibility index (Phi) is 5.84. The second-order valence-corrected chi connectivity index (χ2v) is 6.45. The SMILES string of the molecule is COC(=O)CN(Cc1ccccc1C)C(=O)Cn1cnc2ccccc2c1=O. The Morgan fingerprint density at radius 2 is 1.82 bits per heavy atom. The third kappa shape index (κ3) is 4.25. The van der Waals surface area contributed by atoms with Crippen molar-refractivity contribution in [2.45, 2.75) is 20.0 Å². The van der Waals surface area contributed by atoms with Crippen LogP contribution in [-0.4, -0.2) is 40.0 Å². The number of esters is 1. The first-order chi connectivity index (χ1) is 13.5. The van der Waals surface area contributed by atoms with Crippen molar-refractivity contribution >= 4 is 22.8 Å². The van der Waals surface area contributed by atoms with E-state index < -0.39 is 5.97 Å². The Morgan fingerprint density at radius 1 is 1.11 bits per heavy atom. The molecule has 0 fully saturated rings. The summed E-state index contributed by atoms with van der Waals surface area (Å²) in [5, 5.41) is 0.441. The number of hydrogen-bond acceptors (Lipinski definition) is 5. The van der Waals surface area contributed by atoms with Gasteiger partial charge in [-0.25, -0.2) is 4.98 Å². The van der Waals surface area contributed by atoms with Gasteiger partial charge in [-0.15, -0.1) is 0 Å². The molecule has 1 amide bonds. The number of aromatic nitrogens is 2. The molecule has 0 saturated heterocycles. The summed E-state index contributed by atoms with van der Waals surface area (Å²) in [6.45, 7) is 1.78. The van der Waals surface area contributed by atoms with Crippen molar-refractivity contribution in [3.8, 4) is 0 Å². The molecule has 3 rings (SSSR count). The summed E-state index contributed by atoms with van der Waals surface area (Å²) < 4.78 is 5.97. The zero-order chi connectivity index (χ0) is 20.1. The lowest BCUT2D eigenvalue weighted by molar-refractivity contribution is -0.147. The third-order valence-electron chi connectivity index (χ3n) is 4.56. The molecule has 0 saturated carbocycles. The van der Waals surface area contributed by atoms with E-state index in [1.165, 1.54) is 22.9 Å². The van der Waals surface area contributed by atoms with Crippen molar-refractivity contribution in [2.24, 2.45) is 0 Å². The van der Waals surface area contributed by atoms with E-state index >= 15 is 0 Å². The summed E-state index contributed by atoms with van der Waals surface area (Å²) in [5.74, 6) is -0.890. The van der Waals surface area contributed by atoms with Crippen LogP contribution in [0.3, 0.4) is 0 Å². The Bertz CT molecular complexity index is 1070. The van der Waals surface area contributed by atoms with Gasteiger partial charge in [-0.3, -0.25) is 19.0 Å². The first-order valence-electron chi connectivity index (χ1n) is 8.83. The van der Waals surface area contributed by atoms with Gasteiger partial charge >= 0.3 is 5.97 Å². The number of amides is 1. The maximum Gasteiger partial charge on any atom is 0.325 e. The van der Waals surface area contributed by atoms with E-state index in [1.807, 2.05) is 31.2 Å². The molecule has 1 aromatic heterocycles. The van der Waals surface area contributed by atoms with Gasteiger partial charge in [-0.05, 0) is 30.2 Å². The molecule has 0 aliphatic carbocycles. The molecule has 0 atom stereocenters. The van der Waals surface area contributed by atoms with Gasteiger partial charge in [0.05, 0.1) is 24.3 Å². The molecule has 7 nitrogen and oxygen atoms in total. The van der Waals surface area contributed by atoms with Crippen LogP contribution in [0.2, 0.25) is 0 Å². The maximum absolute atomic E-state index is 12.9. The normalized spacial score (nSPS) is 10.6. The molecule has 144 valence electrons. The van der Waals surface area contributed by atoms with Gasteiger partial charge in [0.2, 0.25) is 5.91 Å². The predicted molar refractivity (Wildman–Crippen MR) is 105 cm³/mol. The number of carbonyl (C=O) groups is 2. The number of para-hydroxylation sites is 1. The van der Waals surface area contributed by atoms with Gasteiger partial charge in [0.25, 0.3) is 5.56 Å². The smallest absolute Gasteiger partial charge is 0.325 e. The molecule has 0 aliphatic heterocycles. The van der Waals surface area contributed by atoms with Crippen LogP contribution < -0.4 is 5.56 Å². The van der Waals surface area contributed by atoms with Gasteiger partial charge in [0.15, 0.2) is 0 Å². The van der Waals surface area contributed by atoms with Crippen LogP contribution in [0, 0.1) is 6.92 Å². The molecular formula is C21H21N3O4. The Labute approximate surface area is 162 Å². The molecule has 0 unspecified atom stereocenters. The van der Waals surface area contributed by atoms with Crippen molar-refractivity contribution in [1.82, 2.24) is 14.5 Å². The lowest BCUT2D eigenvalue weighted by atomic mass is 10.1. The van der Waals surface area contributed by atoms with Gasteiger partial charge in [0, 0.05) is 6.54 Å². The molecule has 1 heterocycles. The Balaban J connectivity index is 1.87. The minimum absolute atomic E-state index is 0.195. The lowest BCUT2D eigenvalue weighted by Crippen LogP contribution is -2.39. The highest BCUT2D eigenvalue weighted by molar-refractivity contribution is 5.82. The number of aryl methyl sites for hydroxylation is 1. The van der Waals surface area contributed by atoms with Gasteiger partial charge in [-0.2, -0.15) is 0 Å². The van der Waals surface area contributed by atoms with Gasteiger partial charge in [0.1, 0.15) is 13.1 Å². The molecule has 28 heavy (non-hydrogen) atoms. The number of ether oxygens (including phenoxy) is 1. The molecule has 0 aliphatic rings. The van der Waals surface area contributed by atoms with Crippen molar-refractivity contribution in [1.29, 1.82) is 0 Å². The second kappa shape index (κ2) is 8.47. The number of hydrogen-bond donors (Lipinski definition) is 0. The molecule has 2 aromatic carbocycles. The molecule has 0 spiro atoms. The minimum atomic E-state index is -0.522. The summed E-state index contributed by atoms with van der Waals surface area (Å²) in [4.78, 5) is 43.0. The Morgan fingerprint density at radius 3 is 2.57 bits per heavy atom.